The molecule has 0 unspecified atom stereocenters. The Hall–Kier alpha value is -1.13. The second kappa shape index (κ2) is 4.44. The van der Waals surface area contributed by atoms with Gasteiger partial charge in [-0.05, 0) is 63.5 Å². The lowest BCUT2D eigenvalue weighted by molar-refractivity contribution is 0.00578. The molecule has 1 aromatic carbocycles. The van der Waals surface area contributed by atoms with E-state index in [-0.39, 0.29) is 11.2 Å². The van der Waals surface area contributed by atoms with Crippen molar-refractivity contribution in [3.63, 3.8) is 0 Å². The van der Waals surface area contributed by atoms with Gasteiger partial charge in [0.15, 0.2) is 0 Å². The van der Waals surface area contributed by atoms with Crippen LogP contribution in [0.25, 0.3) is 0 Å². The van der Waals surface area contributed by atoms with Crippen molar-refractivity contribution >= 4 is 18.9 Å². The smallest absolute Gasteiger partial charge is 0.399 e. The summed E-state index contributed by atoms with van der Waals surface area (Å²) >= 11 is 0. The molecule has 0 atom stereocenters. The molecule has 1 aliphatic heterocycles. The second-order valence-corrected chi connectivity index (χ2v) is 6.77. The Labute approximate surface area is 120 Å². The zero-order chi connectivity index (χ0) is 14.5. The highest BCUT2D eigenvalue weighted by Crippen LogP contribution is 2.37. The second-order valence-electron chi connectivity index (χ2n) is 6.77. The Morgan fingerprint density at radius 1 is 1.10 bits per heavy atom. The first kappa shape index (κ1) is 13.8. The van der Waals surface area contributed by atoms with Crippen molar-refractivity contribution in [1.82, 2.24) is 0 Å². The standard InChI is InChI=1S/C16H21BO3/c1-15(2)16(3,4)20-17(19-15)14-12(10-18)9-8-11-6-5-7-13(11)14/h8-10H,5-7H2,1-4H3. The molecule has 1 saturated heterocycles. The van der Waals surface area contributed by atoms with Gasteiger partial charge in [0.25, 0.3) is 0 Å². The molecule has 0 radical (unpaired) electrons. The maximum atomic E-state index is 11.4. The fourth-order valence-electron chi connectivity index (χ4n) is 3.06. The van der Waals surface area contributed by atoms with Crippen molar-refractivity contribution in [2.45, 2.75) is 58.2 Å². The van der Waals surface area contributed by atoms with Crippen LogP contribution in [-0.2, 0) is 22.2 Å². The molecule has 4 heteroatoms. The van der Waals surface area contributed by atoms with Gasteiger partial charge in [-0.25, -0.2) is 0 Å². The van der Waals surface area contributed by atoms with Gasteiger partial charge in [0, 0.05) is 5.56 Å². The van der Waals surface area contributed by atoms with Gasteiger partial charge in [0.2, 0.25) is 0 Å². The van der Waals surface area contributed by atoms with E-state index in [1.165, 1.54) is 11.1 Å². The molecule has 1 aliphatic carbocycles. The number of carbonyl (C=O) groups excluding carboxylic acids is 1. The van der Waals surface area contributed by atoms with E-state index in [0.717, 1.165) is 31.0 Å². The number of hydrogen-bond donors (Lipinski definition) is 0. The van der Waals surface area contributed by atoms with Crippen molar-refractivity contribution in [2.24, 2.45) is 0 Å². The minimum atomic E-state index is -0.437. The van der Waals surface area contributed by atoms with Gasteiger partial charge < -0.3 is 9.31 Å². The normalized spacial score (nSPS) is 22.9. The molecule has 3 nitrogen and oxygen atoms in total. The van der Waals surface area contributed by atoms with Gasteiger partial charge in [-0.3, -0.25) is 4.79 Å². The van der Waals surface area contributed by atoms with Gasteiger partial charge in [-0.2, -0.15) is 0 Å². The average Bonchev–Trinajstić information content (AvgIpc) is 2.90. The van der Waals surface area contributed by atoms with E-state index in [9.17, 15) is 4.79 Å². The number of hydrogen-bond acceptors (Lipinski definition) is 3. The molecule has 1 fully saturated rings. The lowest BCUT2D eigenvalue weighted by atomic mass is 9.72. The third kappa shape index (κ3) is 1.94. The van der Waals surface area contributed by atoms with Gasteiger partial charge >= 0.3 is 7.12 Å². The van der Waals surface area contributed by atoms with Gasteiger partial charge in [-0.15, -0.1) is 0 Å². The first-order valence-corrected chi connectivity index (χ1v) is 7.31. The van der Waals surface area contributed by atoms with Crippen LogP contribution in [0.2, 0.25) is 0 Å². The molecule has 3 rings (SSSR count). The highest BCUT2D eigenvalue weighted by Gasteiger charge is 2.53. The van der Waals surface area contributed by atoms with E-state index in [4.69, 9.17) is 9.31 Å². The molecule has 106 valence electrons. The number of aryl methyl sites for hydroxylation is 1. The van der Waals surface area contributed by atoms with Crippen LogP contribution < -0.4 is 5.46 Å². The number of fused-ring (bicyclic) bond motifs is 1. The Morgan fingerprint density at radius 3 is 2.35 bits per heavy atom. The fourth-order valence-corrected chi connectivity index (χ4v) is 3.06. The molecule has 0 amide bonds. The van der Waals surface area contributed by atoms with E-state index >= 15 is 0 Å². The van der Waals surface area contributed by atoms with E-state index in [1.807, 2.05) is 33.8 Å². The molecule has 1 aromatic rings. The molecule has 0 N–H and O–H groups in total. The van der Waals surface area contributed by atoms with Crippen LogP contribution in [0.5, 0.6) is 0 Å². The molecular weight excluding hydrogens is 251 g/mol. The maximum Gasteiger partial charge on any atom is 0.495 e. The fraction of sp³-hybridized carbons (Fsp3) is 0.562. The van der Waals surface area contributed by atoms with Crippen LogP contribution in [0.15, 0.2) is 12.1 Å². The van der Waals surface area contributed by atoms with Gasteiger partial charge in [-0.1, -0.05) is 12.1 Å². The van der Waals surface area contributed by atoms with Crippen LogP contribution in [0.1, 0.15) is 55.6 Å². The van der Waals surface area contributed by atoms with Crippen LogP contribution in [0, 0.1) is 0 Å². The lowest BCUT2D eigenvalue weighted by Crippen LogP contribution is -2.41. The summed E-state index contributed by atoms with van der Waals surface area (Å²) in [6.07, 6.45) is 4.15. The first-order chi connectivity index (χ1) is 9.36. The zero-order valence-corrected chi connectivity index (χ0v) is 12.7. The summed E-state index contributed by atoms with van der Waals surface area (Å²) in [7, 11) is -0.437. The highest BCUT2D eigenvalue weighted by atomic mass is 16.7. The van der Waals surface area contributed by atoms with Gasteiger partial charge in [0.1, 0.15) is 6.29 Å². The molecule has 0 spiro atoms. The SMILES string of the molecule is CC1(C)OB(c2c(C=O)ccc3c2CCC3)OC1(C)C. The molecule has 0 aromatic heterocycles. The van der Waals surface area contributed by atoms with E-state index in [2.05, 4.69) is 6.07 Å². The summed E-state index contributed by atoms with van der Waals surface area (Å²) in [6.45, 7) is 8.15. The Bertz CT molecular complexity index is 547. The first-order valence-electron chi connectivity index (χ1n) is 7.31. The van der Waals surface area contributed by atoms with Crippen LogP contribution >= 0.6 is 0 Å². The minimum Gasteiger partial charge on any atom is -0.399 e. The Morgan fingerprint density at radius 2 is 1.75 bits per heavy atom. The Balaban J connectivity index is 2.08. The summed E-state index contributed by atoms with van der Waals surface area (Å²) < 4.78 is 12.3. The van der Waals surface area contributed by atoms with Crippen molar-refractivity contribution in [2.75, 3.05) is 0 Å². The molecule has 0 bridgehead atoms. The molecule has 20 heavy (non-hydrogen) atoms. The Kier molecular flexibility index (Phi) is 3.07. The van der Waals surface area contributed by atoms with Crippen molar-refractivity contribution in [1.29, 1.82) is 0 Å². The van der Waals surface area contributed by atoms with Crippen molar-refractivity contribution in [3.05, 3.63) is 28.8 Å². The summed E-state index contributed by atoms with van der Waals surface area (Å²) in [5, 5.41) is 0. The molecule has 2 aliphatic rings. The monoisotopic (exact) mass is 272 g/mol. The van der Waals surface area contributed by atoms with Crippen LogP contribution in [0.3, 0.4) is 0 Å². The number of aldehydes is 1. The summed E-state index contributed by atoms with van der Waals surface area (Å²) in [5.41, 5.74) is 3.49. The third-order valence-electron chi connectivity index (χ3n) is 4.98. The quantitative estimate of drug-likeness (QED) is 0.612. The van der Waals surface area contributed by atoms with Crippen molar-refractivity contribution in [3.8, 4) is 0 Å². The molecule has 0 saturated carbocycles. The largest absolute Gasteiger partial charge is 0.495 e. The summed E-state index contributed by atoms with van der Waals surface area (Å²) in [6, 6.07) is 3.97. The predicted molar refractivity (Wildman–Crippen MR) is 79.6 cm³/mol. The predicted octanol–water partition coefficient (Wildman–Crippen LogP) is 2.29. The maximum absolute atomic E-state index is 11.4. The summed E-state index contributed by atoms with van der Waals surface area (Å²) in [4.78, 5) is 11.4. The van der Waals surface area contributed by atoms with E-state index in [0.29, 0.717) is 5.56 Å². The topological polar surface area (TPSA) is 35.5 Å². The number of rotatable bonds is 2. The zero-order valence-electron chi connectivity index (χ0n) is 12.7. The van der Waals surface area contributed by atoms with E-state index in [1.54, 1.807) is 0 Å². The third-order valence-corrected chi connectivity index (χ3v) is 4.98. The van der Waals surface area contributed by atoms with Crippen LogP contribution in [-0.4, -0.2) is 24.6 Å². The van der Waals surface area contributed by atoms with Gasteiger partial charge in [0.05, 0.1) is 11.2 Å². The summed E-state index contributed by atoms with van der Waals surface area (Å²) in [5.74, 6) is 0. The van der Waals surface area contributed by atoms with E-state index < -0.39 is 7.12 Å². The van der Waals surface area contributed by atoms with Crippen molar-refractivity contribution < 1.29 is 14.1 Å². The lowest BCUT2D eigenvalue weighted by Gasteiger charge is -2.32. The van der Waals surface area contributed by atoms with Crippen LogP contribution in [0.4, 0.5) is 0 Å². The molecular formula is C16H21BO3. The molecule has 1 heterocycles. The number of carbonyl (C=O) groups is 1. The average molecular weight is 272 g/mol. The minimum absolute atomic E-state index is 0.376. The number of benzene rings is 1. The highest BCUT2D eigenvalue weighted by molar-refractivity contribution is 6.64.